The highest BCUT2D eigenvalue weighted by molar-refractivity contribution is 7.09. The van der Waals surface area contributed by atoms with Crippen LogP contribution in [0.1, 0.15) is 30.8 Å². The van der Waals surface area contributed by atoms with Crippen molar-refractivity contribution in [2.75, 3.05) is 0 Å². The molecule has 0 spiro atoms. The van der Waals surface area contributed by atoms with Crippen LogP contribution in [0.25, 0.3) is 11.1 Å². The van der Waals surface area contributed by atoms with E-state index in [0.29, 0.717) is 13.1 Å². The van der Waals surface area contributed by atoms with Gasteiger partial charge in [0, 0.05) is 30.6 Å². The standard InChI is InChI=1S/C25H24N2O3S/c1-25(2)15-20(28)14-22(30-25)24(29)27(17-23-26-12-13-31-23)16-19-10-6-7-11-21(19)18-8-4-3-5-9-18/h3-14H,15-17H2,1-2H3. The summed E-state index contributed by atoms with van der Waals surface area (Å²) in [5.74, 6) is -0.312. The average molecular weight is 433 g/mol. The van der Waals surface area contributed by atoms with Gasteiger partial charge in [0.05, 0.1) is 6.54 Å². The van der Waals surface area contributed by atoms with Gasteiger partial charge in [-0.3, -0.25) is 9.59 Å². The van der Waals surface area contributed by atoms with Gasteiger partial charge in [-0.2, -0.15) is 0 Å². The summed E-state index contributed by atoms with van der Waals surface area (Å²) in [6, 6.07) is 18.1. The lowest BCUT2D eigenvalue weighted by molar-refractivity contribution is -0.139. The van der Waals surface area contributed by atoms with E-state index in [-0.39, 0.29) is 23.9 Å². The van der Waals surface area contributed by atoms with Crippen LogP contribution in [0.5, 0.6) is 0 Å². The number of hydrogen-bond acceptors (Lipinski definition) is 5. The van der Waals surface area contributed by atoms with Crippen LogP contribution in [0.2, 0.25) is 0 Å². The van der Waals surface area contributed by atoms with Gasteiger partial charge in [0.2, 0.25) is 0 Å². The Morgan fingerprint density at radius 2 is 1.84 bits per heavy atom. The SMILES string of the molecule is CC1(C)CC(=O)C=C(C(=O)N(Cc2nccs2)Cc2ccccc2-c2ccccc2)O1. The first-order valence-electron chi connectivity index (χ1n) is 10.2. The van der Waals surface area contributed by atoms with Crippen molar-refractivity contribution >= 4 is 23.0 Å². The van der Waals surface area contributed by atoms with E-state index >= 15 is 0 Å². The zero-order valence-electron chi connectivity index (χ0n) is 17.6. The third-order valence-corrected chi connectivity index (χ3v) is 5.81. The minimum atomic E-state index is -0.703. The summed E-state index contributed by atoms with van der Waals surface area (Å²) in [7, 11) is 0. The maximum Gasteiger partial charge on any atom is 0.289 e. The Labute approximate surface area is 186 Å². The van der Waals surface area contributed by atoms with Crippen LogP contribution in [0.3, 0.4) is 0 Å². The van der Waals surface area contributed by atoms with E-state index in [1.54, 1.807) is 11.1 Å². The molecule has 6 heteroatoms. The predicted molar refractivity (Wildman–Crippen MR) is 121 cm³/mol. The Bertz CT molecular complexity index is 1100. The van der Waals surface area contributed by atoms with Crippen molar-refractivity contribution in [3.05, 3.63) is 88.6 Å². The molecule has 0 N–H and O–H groups in total. The Morgan fingerprint density at radius 3 is 2.55 bits per heavy atom. The molecule has 2 heterocycles. The number of ether oxygens (including phenoxy) is 1. The minimum Gasteiger partial charge on any atom is -0.481 e. The molecule has 31 heavy (non-hydrogen) atoms. The van der Waals surface area contributed by atoms with E-state index in [9.17, 15) is 9.59 Å². The summed E-state index contributed by atoms with van der Waals surface area (Å²) in [5.41, 5.74) is 2.46. The fourth-order valence-electron chi connectivity index (χ4n) is 3.70. The summed E-state index contributed by atoms with van der Waals surface area (Å²) in [6.45, 7) is 4.36. The topological polar surface area (TPSA) is 59.5 Å². The summed E-state index contributed by atoms with van der Waals surface area (Å²) in [4.78, 5) is 31.7. The summed E-state index contributed by atoms with van der Waals surface area (Å²) in [6.07, 6.45) is 3.31. The molecule has 0 atom stereocenters. The molecule has 1 aliphatic rings. The molecule has 2 aromatic carbocycles. The second kappa shape index (κ2) is 8.86. The number of aromatic nitrogens is 1. The van der Waals surface area contributed by atoms with Crippen molar-refractivity contribution in [3.63, 3.8) is 0 Å². The Hall–Kier alpha value is -3.25. The number of allylic oxidation sites excluding steroid dienone is 1. The number of hydrogen-bond donors (Lipinski definition) is 0. The Balaban J connectivity index is 1.67. The highest BCUT2D eigenvalue weighted by Gasteiger charge is 2.34. The predicted octanol–water partition coefficient (Wildman–Crippen LogP) is 4.99. The molecule has 5 nitrogen and oxygen atoms in total. The van der Waals surface area contributed by atoms with Gasteiger partial charge in [-0.1, -0.05) is 54.6 Å². The molecule has 0 unspecified atom stereocenters. The van der Waals surface area contributed by atoms with Crippen molar-refractivity contribution in [2.24, 2.45) is 0 Å². The number of nitrogens with zero attached hydrogens (tertiary/aromatic N) is 2. The van der Waals surface area contributed by atoms with E-state index in [4.69, 9.17) is 4.74 Å². The second-order valence-corrected chi connectivity index (χ2v) is 9.10. The number of thiazole rings is 1. The monoisotopic (exact) mass is 432 g/mol. The summed E-state index contributed by atoms with van der Waals surface area (Å²) >= 11 is 1.49. The van der Waals surface area contributed by atoms with Crippen molar-refractivity contribution < 1.29 is 14.3 Å². The highest BCUT2D eigenvalue weighted by atomic mass is 32.1. The smallest absolute Gasteiger partial charge is 0.289 e. The molecular weight excluding hydrogens is 408 g/mol. The van der Waals surface area contributed by atoms with Gasteiger partial charge in [-0.05, 0) is 30.5 Å². The van der Waals surface area contributed by atoms with Gasteiger partial charge in [0.1, 0.15) is 10.6 Å². The maximum atomic E-state index is 13.5. The van der Waals surface area contributed by atoms with Crippen molar-refractivity contribution in [1.29, 1.82) is 0 Å². The molecule has 0 fully saturated rings. The first-order chi connectivity index (χ1) is 14.9. The fraction of sp³-hybridized carbons (Fsp3) is 0.240. The molecule has 0 saturated carbocycles. The zero-order chi connectivity index (χ0) is 21.8. The lowest BCUT2D eigenvalue weighted by atomic mass is 9.97. The van der Waals surface area contributed by atoms with Crippen LogP contribution < -0.4 is 0 Å². The first kappa shape index (κ1) is 21.0. The molecule has 0 radical (unpaired) electrons. The lowest BCUT2D eigenvalue weighted by Crippen LogP contribution is -2.39. The third kappa shape index (κ3) is 5.09. The number of carbonyl (C=O) groups excluding carboxylic acids is 2. The van der Waals surface area contributed by atoms with E-state index < -0.39 is 5.60 Å². The van der Waals surface area contributed by atoms with Crippen LogP contribution >= 0.6 is 11.3 Å². The zero-order valence-corrected chi connectivity index (χ0v) is 18.4. The third-order valence-electron chi connectivity index (χ3n) is 5.05. The van der Waals surface area contributed by atoms with Crippen LogP contribution in [0, 0.1) is 0 Å². The molecule has 0 saturated heterocycles. The molecular formula is C25H24N2O3S. The molecule has 3 aromatic rings. The Kier molecular flexibility index (Phi) is 6.00. The molecule has 1 amide bonds. The van der Waals surface area contributed by atoms with E-state index in [0.717, 1.165) is 21.7 Å². The normalized spacial score (nSPS) is 15.2. The van der Waals surface area contributed by atoms with Crippen molar-refractivity contribution in [3.8, 4) is 11.1 Å². The van der Waals surface area contributed by atoms with E-state index in [1.807, 2.05) is 55.6 Å². The van der Waals surface area contributed by atoms with Gasteiger partial charge in [0.25, 0.3) is 5.91 Å². The first-order valence-corrected chi connectivity index (χ1v) is 11.0. The molecule has 1 aromatic heterocycles. The molecule has 1 aliphatic heterocycles. The molecule has 158 valence electrons. The van der Waals surface area contributed by atoms with Crippen LogP contribution in [0.4, 0.5) is 0 Å². The quantitative estimate of drug-likeness (QED) is 0.551. The molecule has 4 rings (SSSR count). The largest absolute Gasteiger partial charge is 0.481 e. The van der Waals surface area contributed by atoms with Gasteiger partial charge in [0.15, 0.2) is 11.5 Å². The second-order valence-electron chi connectivity index (χ2n) is 8.12. The highest BCUT2D eigenvalue weighted by Crippen LogP contribution is 2.29. The number of ketones is 1. The van der Waals surface area contributed by atoms with Crippen LogP contribution in [0.15, 0.2) is 78.0 Å². The van der Waals surface area contributed by atoms with E-state index in [2.05, 4.69) is 23.2 Å². The Morgan fingerprint density at radius 1 is 1.10 bits per heavy atom. The van der Waals surface area contributed by atoms with Gasteiger partial charge < -0.3 is 9.64 Å². The van der Waals surface area contributed by atoms with Crippen molar-refractivity contribution in [2.45, 2.75) is 39.0 Å². The average Bonchev–Trinajstić information content (AvgIpc) is 3.25. The number of amides is 1. The summed E-state index contributed by atoms with van der Waals surface area (Å²) < 4.78 is 5.89. The molecule has 0 aliphatic carbocycles. The van der Waals surface area contributed by atoms with Gasteiger partial charge >= 0.3 is 0 Å². The summed E-state index contributed by atoms with van der Waals surface area (Å²) in [5, 5.41) is 2.71. The maximum absolute atomic E-state index is 13.5. The lowest BCUT2D eigenvalue weighted by Gasteiger charge is -2.32. The van der Waals surface area contributed by atoms with Crippen LogP contribution in [-0.4, -0.2) is 27.2 Å². The number of benzene rings is 2. The van der Waals surface area contributed by atoms with Crippen LogP contribution in [-0.2, 0) is 27.4 Å². The minimum absolute atomic E-state index is 0.0926. The fourth-order valence-corrected chi connectivity index (χ4v) is 4.33. The van der Waals surface area contributed by atoms with E-state index in [1.165, 1.54) is 17.4 Å². The van der Waals surface area contributed by atoms with Gasteiger partial charge in [-0.25, -0.2) is 4.98 Å². The molecule has 0 bridgehead atoms. The number of rotatable bonds is 6. The number of carbonyl (C=O) groups is 2. The van der Waals surface area contributed by atoms with Gasteiger partial charge in [-0.15, -0.1) is 11.3 Å². The van der Waals surface area contributed by atoms with Crippen molar-refractivity contribution in [1.82, 2.24) is 9.88 Å².